The highest BCUT2D eigenvalue weighted by Gasteiger charge is 2.08. The third-order valence-corrected chi connectivity index (χ3v) is 4.06. The molecule has 0 aliphatic rings. The second-order valence-corrected chi connectivity index (χ2v) is 5.86. The van der Waals surface area contributed by atoms with Gasteiger partial charge < -0.3 is 5.32 Å². The Bertz CT molecular complexity index is 342. The third-order valence-electron chi connectivity index (χ3n) is 2.33. The Morgan fingerprint density at radius 1 is 1.41 bits per heavy atom. The van der Waals surface area contributed by atoms with Crippen LogP contribution in [0.4, 0.5) is 5.00 Å². The predicted octanol–water partition coefficient (Wildman–Crippen LogP) is 3.28. The van der Waals surface area contributed by atoms with Crippen LogP contribution in [0.15, 0.2) is 12.1 Å². The number of hydrogen-bond acceptors (Lipinski definition) is 5. The maximum absolute atomic E-state index is 10.5. The molecule has 96 valence electrons. The summed E-state index contributed by atoms with van der Waals surface area (Å²) in [6, 6.07) is 3.39. The summed E-state index contributed by atoms with van der Waals surface area (Å²) >= 11 is 3.13. The smallest absolute Gasteiger partial charge is 0.312 e. The van der Waals surface area contributed by atoms with Gasteiger partial charge in [0.05, 0.1) is 4.92 Å². The molecule has 0 spiro atoms. The number of hydrogen-bond donors (Lipinski definition) is 1. The van der Waals surface area contributed by atoms with Crippen molar-refractivity contribution in [1.29, 1.82) is 0 Å². The molecule has 0 aliphatic heterocycles. The van der Waals surface area contributed by atoms with Crippen molar-refractivity contribution < 1.29 is 4.92 Å². The molecule has 0 unspecified atom stereocenters. The number of thioether (sulfide) groups is 1. The van der Waals surface area contributed by atoms with E-state index in [2.05, 4.69) is 11.6 Å². The number of nitrogens with zero attached hydrogens (tertiary/aromatic N) is 1. The summed E-state index contributed by atoms with van der Waals surface area (Å²) < 4.78 is 0. The van der Waals surface area contributed by atoms with Gasteiger partial charge in [-0.15, -0.1) is 0 Å². The molecule has 0 bridgehead atoms. The van der Waals surface area contributed by atoms with E-state index in [0.29, 0.717) is 0 Å². The Labute approximate surface area is 110 Å². The highest BCUT2D eigenvalue weighted by atomic mass is 32.2. The Morgan fingerprint density at radius 2 is 2.24 bits per heavy atom. The molecule has 0 fully saturated rings. The lowest BCUT2D eigenvalue weighted by molar-refractivity contribution is -0.380. The molecule has 0 amide bonds. The molecule has 6 heteroatoms. The third kappa shape index (κ3) is 6.05. The Balaban J connectivity index is 2.07. The molecule has 1 heterocycles. The molecule has 0 saturated heterocycles. The van der Waals surface area contributed by atoms with Gasteiger partial charge in [0.15, 0.2) is 0 Å². The standard InChI is InChI=1S/C11H18N2O2S2/c1-16-8-4-2-3-7-12-9-10-5-6-11(17-10)13(14)15/h5-6,12H,2-4,7-9H2,1H3. The molecule has 0 atom stereocenters. The van der Waals surface area contributed by atoms with Crippen molar-refractivity contribution in [2.24, 2.45) is 0 Å². The summed E-state index contributed by atoms with van der Waals surface area (Å²) in [6.07, 6.45) is 5.82. The monoisotopic (exact) mass is 274 g/mol. The van der Waals surface area contributed by atoms with Crippen molar-refractivity contribution in [1.82, 2.24) is 5.32 Å². The highest BCUT2D eigenvalue weighted by Crippen LogP contribution is 2.23. The van der Waals surface area contributed by atoms with Crippen LogP contribution in [-0.4, -0.2) is 23.5 Å². The van der Waals surface area contributed by atoms with E-state index in [1.165, 1.54) is 36.4 Å². The number of unbranched alkanes of at least 4 members (excludes halogenated alkanes) is 2. The SMILES string of the molecule is CSCCCCCNCc1ccc([N+](=O)[O-])s1. The molecule has 4 nitrogen and oxygen atoms in total. The topological polar surface area (TPSA) is 55.2 Å². The van der Waals surface area contributed by atoms with E-state index in [9.17, 15) is 10.1 Å². The number of nitrogens with one attached hydrogen (secondary N) is 1. The normalized spacial score (nSPS) is 10.6. The van der Waals surface area contributed by atoms with E-state index in [0.717, 1.165) is 18.0 Å². The Morgan fingerprint density at radius 3 is 2.88 bits per heavy atom. The maximum Gasteiger partial charge on any atom is 0.324 e. The lowest BCUT2D eigenvalue weighted by atomic mass is 10.2. The van der Waals surface area contributed by atoms with Crippen LogP contribution < -0.4 is 5.32 Å². The van der Waals surface area contributed by atoms with Crippen LogP contribution in [-0.2, 0) is 6.54 Å². The van der Waals surface area contributed by atoms with Gasteiger partial charge in [0.25, 0.3) is 0 Å². The van der Waals surface area contributed by atoms with Crippen LogP contribution in [0.1, 0.15) is 24.1 Å². The van der Waals surface area contributed by atoms with Gasteiger partial charge in [-0.1, -0.05) is 17.8 Å². The summed E-state index contributed by atoms with van der Waals surface area (Å²) in [5.74, 6) is 1.23. The molecule has 1 aromatic rings. The summed E-state index contributed by atoms with van der Waals surface area (Å²) in [5.41, 5.74) is 0. The van der Waals surface area contributed by atoms with Crippen molar-refractivity contribution >= 4 is 28.1 Å². The van der Waals surface area contributed by atoms with E-state index < -0.39 is 0 Å². The first-order chi connectivity index (χ1) is 8.24. The first kappa shape index (κ1) is 14.5. The van der Waals surface area contributed by atoms with Crippen LogP contribution in [0.3, 0.4) is 0 Å². The van der Waals surface area contributed by atoms with Crippen molar-refractivity contribution in [3.05, 3.63) is 27.1 Å². The second-order valence-electron chi connectivity index (χ2n) is 3.73. The minimum absolute atomic E-state index is 0.224. The molecular weight excluding hydrogens is 256 g/mol. The van der Waals surface area contributed by atoms with Crippen molar-refractivity contribution in [3.63, 3.8) is 0 Å². The first-order valence-electron chi connectivity index (χ1n) is 5.67. The molecular formula is C11H18N2O2S2. The molecule has 0 radical (unpaired) electrons. The lowest BCUT2D eigenvalue weighted by Gasteiger charge is -2.02. The summed E-state index contributed by atoms with van der Waals surface area (Å²) in [7, 11) is 0. The molecule has 1 N–H and O–H groups in total. The van der Waals surface area contributed by atoms with Gasteiger partial charge in [-0.2, -0.15) is 11.8 Å². The first-order valence-corrected chi connectivity index (χ1v) is 7.88. The number of nitro groups is 1. The maximum atomic E-state index is 10.5. The van der Waals surface area contributed by atoms with E-state index >= 15 is 0 Å². The van der Waals surface area contributed by atoms with Gasteiger partial charge >= 0.3 is 5.00 Å². The minimum atomic E-state index is -0.337. The summed E-state index contributed by atoms with van der Waals surface area (Å²) in [4.78, 5) is 11.2. The number of rotatable bonds is 9. The van der Waals surface area contributed by atoms with Gasteiger partial charge in [-0.3, -0.25) is 10.1 Å². The largest absolute Gasteiger partial charge is 0.324 e. The van der Waals surface area contributed by atoms with Crippen LogP contribution in [0.2, 0.25) is 0 Å². The van der Waals surface area contributed by atoms with Gasteiger partial charge in [0, 0.05) is 17.5 Å². The van der Waals surface area contributed by atoms with Gasteiger partial charge in [-0.25, -0.2) is 0 Å². The van der Waals surface area contributed by atoms with Crippen LogP contribution in [0.25, 0.3) is 0 Å². The Hall–Kier alpha value is -0.590. The summed E-state index contributed by atoms with van der Waals surface area (Å²) in [5, 5.41) is 14.0. The van der Waals surface area contributed by atoms with Gasteiger partial charge in [-0.05, 0) is 37.5 Å². The molecule has 1 rings (SSSR count). The fourth-order valence-corrected chi connectivity index (χ4v) is 2.73. The predicted molar refractivity (Wildman–Crippen MR) is 74.9 cm³/mol. The quantitative estimate of drug-likeness (QED) is 0.426. The highest BCUT2D eigenvalue weighted by molar-refractivity contribution is 7.98. The zero-order valence-electron chi connectivity index (χ0n) is 9.98. The van der Waals surface area contributed by atoms with Gasteiger partial charge in [0.2, 0.25) is 0 Å². The van der Waals surface area contributed by atoms with Crippen molar-refractivity contribution in [2.45, 2.75) is 25.8 Å². The van der Waals surface area contributed by atoms with Crippen LogP contribution in [0.5, 0.6) is 0 Å². The second kappa shape index (κ2) is 8.49. The zero-order valence-corrected chi connectivity index (χ0v) is 11.6. The van der Waals surface area contributed by atoms with E-state index in [-0.39, 0.29) is 9.92 Å². The molecule has 17 heavy (non-hydrogen) atoms. The minimum Gasteiger partial charge on any atom is -0.312 e. The lowest BCUT2D eigenvalue weighted by Crippen LogP contribution is -2.13. The molecule has 0 aliphatic carbocycles. The average Bonchev–Trinajstić information content (AvgIpc) is 2.77. The summed E-state index contributed by atoms with van der Waals surface area (Å²) in [6.45, 7) is 1.72. The molecule has 0 saturated carbocycles. The van der Waals surface area contributed by atoms with Crippen LogP contribution in [0, 0.1) is 10.1 Å². The van der Waals surface area contributed by atoms with Crippen LogP contribution >= 0.6 is 23.1 Å². The Kier molecular flexibility index (Phi) is 7.23. The molecule has 0 aromatic carbocycles. The van der Waals surface area contributed by atoms with E-state index in [4.69, 9.17) is 0 Å². The van der Waals surface area contributed by atoms with E-state index in [1.807, 2.05) is 17.8 Å². The molecule has 1 aromatic heterocycles. The van der Waals surface area contributed by atoms with Gasteiger partial charge in [0.1, 0.15) is 0 Å². The average molecular weight is 274 g/mol. The fraction of sp³-hybridized carbons (Fsp3) is 0.636. The van der Waals surface area contributed by atoms with E-state index in [1.54, 1.807) is 6.07 Å². The van der Waals surface area contributed by atoms with Crippen molar-refractivity contribution in [3.8, 4) is 0 Å². The zero-order chi connectivity index (χ0) is 12.5. The number of thiophene rings is 1. The fourth-order valence-electron chi connectivity index (χ4n) is 1.44. The van der Waals surface area contributed by atoms with Crippen molar-refractivity contribution in [2.75, 3.05) is 18.6 Å².